The molecule has 1 unspecified atom stereocenters. The molecule has 1 aliphatic heterocycles. The standard InChI is InChI=1S/C14H18N2O3.C2H6/c1-3-8-16(10-15-2)14(17)13-9-18-11-6-4-5-7-12(11)19-13;1-2/h4-7,10,13H,3,8-9H2,1-2H3;1-2H3. The molecule has 0 fully saturated rings. The molecule has 0 aliphatic carbocycles. The molecule has 0 spiro atoms. The average Bonchev–Trinajstić information content (AvgIpc) is 2.55. The fourth-order valence-corrected chi connectivity index (χ4v) is 1.93. The average molecular weight is 292 g/mol. The van der Waals surface area contributed by atoms with Gasteiger partial charge in [-0.15, -0.1) is 0 Å². The summed E-state index contributed by atoms with van der Waals surface area (Å²) in [5, 5.41) is 0. The highest BCUT2D eigenvalue weighted by molar-refractivity contribution is 5.91. The Bertz CT molecular complexity index is 474. The van der Waals surface area contributed by atoms with E-state index in [0.29, 0.717) is 18.0 Å². The number of nitrogens with zero attached hydrogens (tertiary/aromatic N) is 2. The zero-order chi connectivity index (χ0) is 15.7. The van der Waals surface area contributed by atoms with Crippen LogP contribution >= 0.6 is 0 Å². The van der Waals surface area contributed by atoms with Crippen LogP contribution in [0.1, 0.15) is 27.2 Å². The molecule has 2 rings (SSSR count). The van der Waals surface area contributed by atoms with Crippen LogP contribution in [0.3, 0.4) is 0 Å². The molecule has 0 N–H and O–H groups in total. The highest BCUT2D eigenvalue weighted by atomic mass is 16.6. The summed E-state index contributed by atoms with van der Waals surface area (Å²) in [5.41, 5.74) is 0. The van der Waals surface area contributed by atoms with Crippen LogP contribution < -0.4 is 9.47 Å². The summed E-state index contributed by atoms with van der Waals surface area (Å²) in [5.74, 6) is 1.16. The summed E-state index contributed by atoms with van der Waals surface area (Å²) in [6.07, 6.45) is 1.79. The van der Waals surface area contributed by atoms with Crippen LogP contribution in [0.5, 0.6) is 11.5 Å². The second-order valence-electron chi connectivity index (χ2n) is 4.27. The van der Waals surface area contributed by atoms with Gasteiger partial charge in [-0.1, -0.05) is 32.9 Å². The number of hydrogen-bond donors (Lipinski definition) is 0. The first kappa shape index (κ1) is 17.0. The Morgan fingerprint density at radius 2 is 2.05 bits per heavy atom. The van der Waals surface area contributed by atoms with E-state index in [1.807, 2.05) is 39.0 Å². The van der Waals surface area contributed by atoms with Crippen LogP contribution in [0, 0.1) is 0 Å². The lowest BCUT2D eigenvalue weighted by Gasteiger charge is -2.28. The van der Waals surface area contributed by atoms with Gasteiger partial charge in [-0.3, -0.25) is 14.7 Å². The molecule has 1 heterocycles. The van der Waals surface area contributed by atoms with Crippen molar-refractivity contribution in [1.29, 1.82) is 0 Å². The lowest BCUT2D eigenvalue weighted by Crippen LogP contribution is -2.46. The van der Waals surface area contributed by atoms with Crippen LogP contribution in [0.4, 0.5) is 0 Å². The fraction of sp³-hybridized carbons (Fsp3) is 0.500. The minimum absolute atomic E-state index is 0.123. The Morgan fingerprint density at radius 3 is 2.67 bits per heavy atom. The van der Waals surface area contributed by atoms with E-state index in [1.165, 1.54) is 6.34 Å². The number of fused-ring (bicyclic) bond motifs is 1. The quantitative estimate of drug-likeness (QED) is 0.633. The van der Waals surface area contributed by atoms with Gasteiger partial charge in [0.15, 0.2) is 11.5 Å². The van der Waals surface area contributed by atoms with Crippen LogP contribution in [-0.2, 0) is 4.79 Å². The van der Waals surface area contributed by atoms with E-state index in [1.54, 1.807) is 18.0 Å². The molecule has 21 heavy (non-hydrogen) atoms. The summed E-state index contributed by atoms with van der Waals surface area (Å²) in [6.45, 7) is 6.86. The van der Waals surface area contributed by atoms with Crippen LogP contribution in [0.2, 0.25) is 0 Å². The van der Waals surface area contributed by atoms with Gasteiger partial charge in [-0.2, -0.15) is 0 Å². The summed E-state index contributed by atoms with van der Waals surface area (Å²) in [7, 11) is 1.64. The number of hydrogen-bond acceptors (Lipinski definition) is 4. The predicted molar refractivity (Wildman–Crippen MR) is 84.1 cm³/mol. The first-order chi connectivity index (χ1) is 10.3. The molecular formula is C16H24N2O3. The SMILES string of the molecule is CC.CCCN(C=NC)C(=O)C1COc2ccccc2O1. The van der Waals surface area contributed by atoms with Crippen molar-refractivity contribution >= 4 is 12.2 Å². The van der Waals surface area contributed by atoms with E-state index in [0.717, 1.165) is 6.42 Å². The zero-order valence-corrected chi connectivity index (χ0v) is 13.2. The fourth-order valence-electron chi connectivity index (χ4n) is 1.93. The Kier molecular flexibility index (Phi) is 7.29. The van der Waals surface area contributed by atoms with E-state index < -0.39 is 6.10 Å². The highest BCUT2D eigenvalue weighted by Crippen LogP contribution is 2.31. The second-order valence-corrected chi connectivity index (χ2v) is 4.27. The third kappa shape index (κ3) is 4.48. The molecule has 1 atom stereocenters. The Labute approximate surface area is 126 Å². The number of benzene rings is 1. The first-order valence-electron chi connectivity index (χ1n) is 7.37. The number of ether oxygens (including phenoxy) is 2. The van der Waals surface area contributed by atoms with Crippen molar-refractivity contribution in [3.05, 3.63) is 24.3 Å². The van der Waals surface area contributed by atoms with Crippen molar-refractivity contribution in [2.75, 3.05) is 20.2 Å². The van der Waals surface area contributed by atoms with E-state index in [4.69, 9.17) is 9.47 Å². The third-order valence-electron chi connectivity index (χ3n) is 2.79. The van der Waals surface area contributed by atoms with Gasteiger partial charge in [-0.05, 0) is 18.6 Å². The summed E-state index contributed by atoms with van der Waals surface area (Å²) in [4.78, 5) is 17.8. The molecule has 5 nitrogen and oxygen atoms in total. The molecule has 0 radical (unpaired) electrons. The van der Waals surface area contributed by atoms with Gasteiger partial charge in [0.05, 0.1) is 6.34 Å². The molecule has 5 heteroatoms. The van der Waals surface area contributed by atoms with Gasteiger partial charge in [0.1, 0.15) is 6.61 Å². The topological polar surface area (TPSA) is 51.1 Å². The van der Waals surface area contributed by atoms with Gasteiger partial charge in [0.25, 0.3) is 5.91 Å². The summed E-state index contributed by atoms with van der Waals surface area (Å²) < 4.78 is 11.2. The normalized spacial score (nSPS) is 16.1. The van der Waals surface area contributed by atoms with Crippen LogP contribution in [0.25, 0.3) is 0 Å². The van der Waals surface area contributed by atoms with Crippen molar-refractivity contribution in [1.82, 2.24) is 4.90 Å². The molecule has 116 valence electrons. The maximum absolute atomic E-state index is 12.3. The Morgan fingerprint density at radius 1 is 1.38 bits per heavy atom. The molecule has 0 saturated carbocycles. The van der Waals surface area contributed by atoms with Gasteiger partial charge in [-0.25, -0.2) is 0 Å². The minimum atomic E-state index is -0.612. The molecule has 1 aromatic rings. The lowest BCUT2D eigenvalue weighted by atomic mass is 10.2. The van der Waals surface area contributed by atoms with Crippen LogP contribution in [-0.4, -0.2) is 43.4 Å². The van der Waals surface area contributed by atoms with E-state index in [9.17, 15) is 4.79 Å². The number of para-hydroxylation sites is 2. The smallest absolute Gasteiger partial charge is 0.272 e. The van der Waals surface area contributed by atoms with Gasteiger partial charge < -0.3 is 9.47 Å². The molecular weight excluding hydrogens is 268 g/mol. The largest absolute Gasteiger partial charge is 0.485 e. The Balaban J connectivity index is 0.00000106. The van der Waals surface area contributed by atoms with Crippen molar-refractivity contribution in [2.45, 2.75) is 33.3 Å². The minimum Gasteiger partial charge on any atom is -0.485 e. The number of aliphatic imine (C=N–C) groups is 1. The Hall–Kier alpha value is -2.04. The maximum atomic E-state index is 12.3. The van der Waals surface area contributed by atoms with Gasteiger partial charge in [0.2, 0.25) is 6.10 Å². The lowest BCUT2D eigenvalue weighted by molar-refractivity contribution is -0.136. The molecule has 1 aliphatic rings. The molecule has 0 saturated heterocycles. The molecule has 0 aromatic heterocycles. The number of amides is 1. The number of carbonyl (C=O) groups is 1. The van der Waals surface area contributed by atoms with Crippen molar-refractivity contribution in [3.63, 3.8) is 0 Å². The highest BCUT2D eigenvalue weighted by Gasteiger charge is 2.30. The molecule has 0 bridgehead atoms. The third-order valence-corrected chi connectivity index (χ3v) is 2.79. The summed E-state index contributed by atoms with van der Waals surface area (Å²) in [6, 6.07) is 7.35. The number of rotatable bonds is 4. The number of carbonyl (C=O) groups excluding carboxylic acids is 1. The predicted octanol–water partition coefficient (Wildman–Crippen LogP) is 2.75. The van der Waals surface area contributed by atoms with E-state index in [-0.39, 0.29) is 12.5 Å². The van der Waals surface area contributed by atoms with Crippen molar-refractivity contribution in [2.24, 2.45) is 4.99 Å². The molecule has 1 amide bonds. The van der Waals surface area contributed by atoms with Crippen molar-refractivity contribution < 1.29 is 14.3 Å². The van der Waals surface area contributed by atoms with Crippen LogP contribution in [0.15, 0.2) is 29.3 Å². The summed E-state index contributed by atoms with van der Waals surface area (Å²) >= 11 is 0. The zero-order valence-electron chi connectivity index (χ0n) is 13.2. The monoisotopic (exact) mass is 292 g/mol. The van der Waals surface area contributed by atoms with E-state index in [2.05, 4.69) is 4.99 Å². The second kappa shape index (κ2) is 9.00. The maximum Gasteiger partial charge on any atom is 0.272 e. The van der Waals surface area contributed by atoms with E-state index >= 15 is 0 Å². The molecule has 1 aromatic carbocycles. The first-order valence-corrected chi connectivity index (χ1v) is 7.37. The van der Waals surface area contributed by atoms with Gasteiger partial charge >= 0.3 is 0 Å². The van der Waals surface area contributed by atoms with Crippen molar-refractivity contribution in [3.8, 4) is 11.5 Å². The van der Waals surface area contributed by atoms with Gasteiger partial charge in [0, 0.05) is 13.6 Å².